The molecule has 0 saturated carbocycles. The third-order valence-corrected chi connectivity index (χ3v) is 4.22. The Morgan fingerprint density at radius 1 is 1.08 bits per heavy atom. The van der Waals surface area contributed by atoms with Crippen LogP contribution in [0, 0.1) is 0 Å². The predicted octanol–water partition coefficient (Wildman–Crippen LogP) is 2.15. The van der Waals surface area contributed by atoms with Crippen LogP contribution in [0.1, 0.15) is 22.2 Å². The van der Waals surface area contributed by atoms with Gasteiger partial charge in [-0.15, -0.1) is 0 Å². The summed E-state index contributed by atoms with van der Waals surface area (Å²) >= 11 is 0. The van der Waals surface area contributed by atoms with E-state index in [9.17, 15) is 4.79 Å². The Balaban J connectivity index is 1.54. The topological polar surface area (TPSA) is 81.1 Å². The minimum atomic E-state index is -0.269. The summed E-state index contributed by atoms with van der Waals surface area (Å²) in [5, 5.41) is 0. The number of carbonyl (C=O) groups is 1. The summed E-state index contributed by atoms with van der Waals surface area (Å²) in [7, 11) is 0. The van der Waals surface area contributed by atoms with Crippen molar-refractivity contribution in [1.29, 1.82) is 0 Å². The lowest BCUT2D eigenvalue weighted by Crippen LogP contribution is -2.42. The van der Waals surface area contributed by atoms with E-state index in [0.717, 1.165) is 17.0 Å². The Bertz CT molecular complexity index is 889. The van der Waals surface area contributed by atoms with Crippen LogP contribution in [-0.4, -0.2) is 50.4 Å². The SMILES string of the molecule is O=C(c1cccnc1)N1CCO[C@@H](c2cccc(-c3cncnc3)n2)C1. The molecule has 26 heavy (non-hydrogen) atoms. The summed E-state index contributed by atoms with van der Waals surface area (Å²) in [5.41, 5.74) is 2.99. The normalized spacial score (nSPS) is 17.1. The standard InChI is InChI=1S/C19H17N5O2/c25-19(14-3-2-6-20-9-14)24-7-8-26-18(12-24)17-5-1-4-16(23-17)15-10-21-13-22-11-15/h1-6,9-11,13,18H,7-8,12H2/t18-/m1/s1. The van der Waals surface area contributed by atoms with Gasteiger partial charge in [-0.1, -0.05) is 6.07 Å². The molecule has 1 saturated heterocycles. The highest BCUT2D eigenvalue weighted by atomic mass is 16.5. The highest BCUT2D eigenvalue weighted by Gasteiger charge is 2.27. The number of hydrogen-bond donors (Lipinski definition) is 0. The molecule has 130 valence electrons. The lowest BCUT2D eigenvalue weighted by molar-refractivity contribution is -0.0246. The van der Waals surface area contributed by atoms with Crippen molar-refractivity contribution in [1.82, 2.24) is 24.8 Å². The number of amides is 1. The molecule has 1 atom stereocenters. The molecule has 1 aliphatic rings. The second-order valence-corrected chi connectivity index (χ2v) is 5.93. The first kappa shape index (κ1) is 16.3. The van der Waals surface area contributed by atoms with E-state index in [1.807, 2.05) is 18.2 Å². The number of nitrogens with zero attached hydrogens (tertiary/aromatic N) is 5. The van der Waals surface area contributed by atoms with Crippen molar-refractivity contribution >= 4 is 5.91 Å². The predicted molar refractivity (Wildman–Crippen MR) is 94.1 cm³/mol. The molecule has 3 aromatic rings. The van der Waals surface area contributed by atoms with Crippen LogP contribution in [0.4, 0.5) is 0 Å². The number of hydrogen-bond acceptors (Lipinski definition) is 6. The van der Waals surface area contributed by atoms with Crippen molar-refractivity contribution in [2.75, 3.05) is 19.7 Å². The largest absolute Gasteiger partial charge is 0.368 e. The molecule has 0 N–H and O–H groups in total. The molecular weight excluding hydrogens is 330 g/mol. The maximum Gasteiger partial charge on any atom is 0.255 e. The van der Waals surface area contributed by atoms with Gasteiger partial charge < -0.3 is 9.64 Å². The number of pyridine rings is 2. The van der Waals surface area contributed by atoms with Gasteiger partial charge in [-0.3, -0.25) is 9.78 Å². The van der Waals surface area contributed by atoms with E-state index in [2.05, 4.69) is 19.9 Å². The van der Waals surface area contributed by atoms with Crippen LogP contribution in [-0.2, 0) is 4.74 Å². The zero-order valence-electron chi connectivity index (χ0n) is 14.0. The number of ether oxygens (including phenoxy) is 1. The van der Waals surface area contributed by atoms with Gasteiger partial charge in [0.25, 0.3) is 5.91 Å². The summed E-state index contributed by atoms with van der Waals surface area (Å²) in [5.74, 6) is -0.0426. The zero-order chi connectivity index (χ0) is 17.8. The molecule has 4 rings (SSSR count). The van der Waals surface area contributed by atoms with Gasteiger partial charge in [-0.2, -0.15) is 0 Å². The molecule has 7 nitrogen and oxygen atoms in total. The Kier molecular flexibility index (Phi) is 4.61. The number of rotatable bonds is 3. The fourth-order valence-corrected chi connectivity index (χ4v) is 2.91. The van der Waals surface area contributed by atoms with E-state index in [1.165, 1.54) is 6.33 Å². The van der Waals surface area contributed by atoms with Crippen molar-refractivity contribution in [3.05, 3.63) is 72.7 Å². The monoisotopic (exact) mass is 347 g/mol. The Hall–Kier alpha value is -3.19. The summed E-state index contributed by atoms with van der Waals surface area (Å²) in [4.78, 5) is 31.2. The molecule has 1 amide bonds. The molecule has 0 radical (unpaired) electrons. The quantitative estimate of drug-likeness (QED) is 0.722. The molecule has 1 fully saturated rings. The first-order valence-electron chi connectivity index (χ1n) is 8.34. The highest BCUT2D eigenvalue weighted by molar-refractivity contribution is 5.93. The molecule has 0 unspecified atom stereocenters. The van der Waals surface area contributed by atoms with Crippen molar-refractivity contribution in [3.63, 3.8) is 0 Å². The molecule has 0 spiro atoms. The van der Waals surface area contributed by atoms with E-state index in [1.54, 1.807) is 41.8 Å². The lowest BCUT2D eigenvalue weighted by Gasteiger charge is -2.32. The average molecular weight is 347 g/mol. The fraction of sp³-hybridized carbons (Fsp3) is 0.211. The Labute approximate surface area is 150 Å². The second-order valence-electron chi connectivity index (χ2n) is 5.93. The van der Waals surface area contributed by atoms with Crippen LogP contribution in [0.5, 0.6) is 0 Å². The lowest BCUT2D eigenvalue weighted by atomic mass is 10.1. The first-order valence-corrected chi connectivity index (χ1v) is 8.34. The van der Waals surface area contributed by atoms with Crippen LogP contribution in [0.3, 0.4) is 0 Å². The van der Waals surface area contributed by atoms with Crippen LogP contribution in [0.15, 0.2) is 61.4 Å². The van der Waals surface area contributed by atoms with E-state index in [4.69, 9.17) is 4.74 Å². The Morgan fingerprint density at radius 3 is 2.77 bits per heavy atom. The molecule has 0 bridgehead atoms. The molecule has 3 aromatic heterocycles. The highest BCUT2D eigenvalue weighted by Crippen LogP contribution is 2.24. The third kappa shape index (κ3) is 3.43. The molecule has 1 aliphatic heterocycles. The van der Waals surface area contributed by atoms with Crippen LogP contribution >= 0.6 is 0 Å². The molecule has 0 aliphatic carbocycles. The van der Waals surface area contributed by atoms with E-state index < -0.39 is 0 Å². The van der Waals surface area contributed by atoms with Gasteiger partial charge in [0, 0.05) is 36.9 Å². The minimum Gasteiger partial charge on any atom is -0.368 e. The van der Waals surface area contributed by atoms with Crippen molar-refractivity contribution in [3.8, 4) is 11.3 Å². The van der Waals surface area contributed by atoms with Crippen molar-refractivity contribution in [2.45, 2.75) is 6.10 Å². The van der Waals surface area contributed by atoms with Gasteiger partial charge in [-0.05, 0) is 24.3 Å². The van der Waals surface area contributed by atoms with E-state index >= 15 is 0 Å². The van der Waals surface area contributed by atoms with Gasteiger partial charge in [0.2, 0.25) is 0 Å². The summed E-state index contributed by atoms with van der Waals surface area (Å²) in [6.07, 6.45) is 7.90. The van der Waals surface area contributed by atoms with Gasteiger partial charge >= 0.3 is 0 Å². The summed E-state index contributed by atoms with van der Waals surface area (Å²) in [6.45, 7) is 1.48. The van der Waals surface area contributed by atoms with Crippen molar-refractivity contribution in [2.24, 2.45) is 0 Å². The second kappa shape index (κ2) is 7.37. The zero-order valence-corrected chi connectivity index (χ0v) is 14.0. The van der Waals surface area contributed by atoms with E-state index in [-0.39, 0.29) is 12.0 Å². The summed E-state index contributed by atoms with van der Waals surface area (Å²) in [6, 6.07) is 9.28. The van der Waals surface area contributed by atoms with Gasteiger partial charge in [0.05, 0.1) is 30.1 Å². The van der Waals surface area contributed by atoms with E-state index in [0.29, 0.717) is 25.3 Å². The Morgan fingerprint density at radius 2 is 1.96 bits per heavy atom. The van der Waals surface area contributed by atoms with Gasteiger partial charge in [-0.25, -0.2) is 15.0 Å². The van der Waals surface area contributed by atoms with Crippen LogP contribution < -0.4 is 0 Å². The average Bonchev–Trinajstić information content (AvgIpc) is 2.75. The maximum absolute atomic E-state index is 12.7. The number of aromatic nitrogens is 4. The van der Waals surface area contributed by atoms with Crippen LogP contribution in [0.2, 0.25) is 0 Å². The smallest absolute Gasteiger partial charge is 0.255 e. The number of carbonyl (C=O) groups excluding carboxylic acids is 1. The van der Waals surface area contributed by atoms with Crippen molar-refractivity contribution < 1.29 is 9.53 Å². The summed E-state index contributed by atoms with van der Waals surface area (Å²) < 4.78 is 5.87. The molecule has 7 heteroatoms. The van der Waals surface area contributed by atoms with Crippen LogP contribution in [0.25, 0.3) is 11.3 Å². The minimum absolute atomic E-state index is 0.0426. The first-order chi connectivity index (χ1) is 12.8. The number of morpholine rings is 1. The fourth-order valence-electron chi connectivity index (χ4n) is 2.91. The van der Waals surface area contributed by atoms with Gasteiger partial charge in [0.15, 0.2) is 0 Å². The maximum atomic E-state index is 12.7. The third-order valence-electron chi connectivity index (χ3n) is 4.22. The molecular formula is C19H17N5O2. The molecule has 0 aromatic carbocycles. The molecule has 4 heterocycles. The van der Waals surface area contributed by atoms with Gasteiger partial charge in [0.1, 0.15) is 12.4 Å².